The summed E-state index contributed by atoms with van der Waals surface area (Å²) in [6, 6.07) is 16.5. The van der Waals surface area contributed by atoms with Crippen molar-refractivity contribution in [3.8, 4) is 5.75 Å². The van der Waals surface area contributed by atoms with E-state index >= 15 is 0 Å². The van der Waals surface area contributed by atoms with Gasteiger partial charge < -0.3 is 14.7 Å². The molecule has 1 fully saturated rings. The Morgan fingerprint density at radius 3 is 2.48 bits per heavy atom. The number of likely N-dealkylation sites (tertiary alicyclic amines) is 1. The molecule has 1 aliphatic rings. The van der Waals surface area contributed by atoms with Crippen LogP contribution in [0, 0.1) is 12.8 Å². The third-order valence-electron chi connectivity index (χ3n) is 4.48. The summed E-state index contributed by atoms with van der Waals surface area (Å²) in [5.41, 5.74) is 2.59. The predicted molar refractivity (Wildman–Crippen MR) is 116 cm³/mol. The maximum atomic E-state index is 7.00. The quantitative estimate of drug-likeness (QED) is 0.732. The SMILES string of the molecule is CC.CO.Cc1ccc(OCC2CCN(CCc3cccc(Cl)c3)C2)cc1. The second-order valence-electron chi connectivity index (χ2n) is 6.46. The van der Waals surface area contributed by atoms with Gasteiger partial charge in [-0.05, 0) is 56.1 Å². The molecule has 0 spiro atoms. The highest BCUT2D eigenvalue weighted by molar-refractivity contribution is 6.30. The topological polar surface area (TPSA) is 32.7 Å². The highest BCUT2D eigenvalue weighted by Gasteiger charge is 2.22. The number of aryl methyl sites for hydroxylation is 1. The molecule has 1 saturated heterocycles. The summed E-state index contributed by atoms with van der Waals surface area (Å²) >= 11 is 6.04. The van der Waals surface area contributed by atoms with Gasteiger partial charge in [0.25, 0.3) is 0 Å². The van der Waals surface area contributed by atoms with E-state index in [1.165, 1.54) is 24.1 Å². The molecule has 3 nitrogen and oxygen atoms in total. The summed E-state index contributed by atoms with van der Waals surface area (Å²) in [4.78, 5) is 2.53. The molecule has 0 saturated carbocycles. The first-order valence-corrected chi connectivity index (χ1v) is 10.2. The van der Waals surface area contributed by atoms with E-state index in [0.717, 1.165) is 44.0 Å². The van der Waals surface area contributed by atoms with E-state index in [1.807, 2.05) is 26.0 Å². The molecule has 1 heterocycles. The number of hydrogen-bond donors (Lipinski definition) is 1. The lowest BCUT2D eigenvalue weighted by atomic mass is 10.1. The van der Waals surface area contributed by atoms with E-state index < -0.39 is 0 Å². The third-order valence-corrected chi connectivity index (χ3v) is 4.72. The molecular weight excluding hydrogens is 358 g/mol. The second-order valence-corrected chi connectivity index (χ2v) is 6.90. The average molecular weight is 392 g/mol. The van der Waals surface area contributed by atoms with Crippen LogP contribution >= 0.6 is 11.6 Å². The summed E-state index contributed by atoms with van der Waals surface area (Å²) in [6.07, 6.45) is 2.29. The molecule has 0 aromatic heterocycles. The smallest absolute Gasteiger partial charge is 0.119 e. The van der Waals surface area contributed by atoms with Crippen molar-refractivity contribution >= 4 is 11.6 Å². The number of aliphatic hydroxyl groups excluding tert-OH is 1. The first-order chi connectivity index (χ1) is 13.2. The van der Waals surface area contributed by atoms with Crippen LogP contribution in [0.4, 0.5) is 0 Å². The van der Waals surface area contributed by atoms with Gasteiger partial charge in [0.2, 0.25) is 0 Å². The van der Waals surface area contributed by atoms with Gasteiger partial charge in [0.1, 0.15) is 5.75 Å². The van der Waals surface area contributed by atoms with Crippen LogP contribution in [0.15, 0.2) is 48.5 Å². The van der Waals surface area contributed by atoms with Crippen molar-refractivity contribution in [1.29, 1.82) is 0 Å². The zero-order valence-corrected chi connectivity index (χ0v) is 17.9. The van der Waals surface area contributed by atoms with Crippen LogP contribution in [0.2, 0.25) is 5.02 Å². The van der Waals surface area contributed by atoms with Gasteiger partial charge in [0.15, 0.2) is 0 Å². The maximum absolute atomic E-state index is 7.00. The van der Waals surface area contributed by atoms with Gasteiger partial charge >= 0.3 is 0 Å². The monoisotopic (exact) mass is 391 g/mol. The highest BCUT2D eigenvalue weighted by Crippen LogP contribution is 2.20. The Kier molecular flexibility index (Phi) is 11.8. The molecule has 3 rings (SSSR count). The summed E-state index contributed by atoms with van der Waals surface area (Å²) in [7, 11) is 1.00. The molecule has 0 amide bonds. The first kappa shape index (κ1) is 23.5. The lowest BCUT2D eigenvalue weighted by molar-refractivity contribution is 0.241. The molecule has 0 aliphatic carbocycles. The minimum atomic E-state index is 0.635. The zero-order chi connectivity index (χ0) is 20.1. The molecule has 1 N–H and O–H groups in total. The Morgan fingerprint density at radius 2 is 1.81 bits per heavy atom. The Balaban J connectivity index is 0.000000855. The van der Waals surface area contributed by atoms with Crippen LogP contribution in [0.5, 0.6) is 5.75 Å². The molecule has 2 aromatic carbocycles. The molecule has 1 unspecified atom stereocenters. The van der Waals surface area contributed by atoms with E-state index in [-0.39, 0.29) is 0 Å². The van der Waals surface area contributed by atoms with E-state index in [1.54, 1.807) is 0 Å². The largest absolute Gasteiger partial charge is 0.493 e. The van der Waals surface area contributed by atoms with Crippen LogP contribution in [0.3, 0.4) is 0 Å². The fourth-order valence-corrected chi connectivity index (χ4v) is 3.29. The van der Waals surface area contributed by atoms with E-state index in [2.05, 4.69) is 48.2 Å². The molecule has 1 aliphatic heterocycles. The van der Waals surface area contributed by atoms with Crippen molar-refractivity contribution < 1.29 is 9.84 Å². The fourth-order valence-electron chi connectivity index (χ4n) is 3.08. The van der Waals surface area contributed by atoms with Crippen LogP contribution in [-0.2, 0) is 6.42 Å². The minimum absolute atomic E-state index is 0.635. The molecule has 27 heavy (non-hydrogen) atoms. The van der Waals surface area contributed by atoms with Gasteiger partial charge in [-0.3, -0.25) is 0 Å². The number of nitrogens with zero attached hydrogens (tertiary/aromatic N) is 1. The number of benzene rings is 2. The van der Waals surface area contributed by atoms with Gasteiger partial charge in [-0.1, -0.05) is 55.3 Å². The third kappa shape index (κ3) is 8.79. The lowest BCUT2D eigenvalue weighted by Gasteiger charge is -2.16. The Labute approximate surface area is 169 Å². The van der Waals surface area contributed by atoms with Crippen LogP contribution < -0.4 is 4.74 Å². The van der Waals surface area contributed by atoms with Crippen LogP contribution in [-0.4, -0.2) is 43.4 Å². The Morgan fingerprint density at radius 1 is 1.11 bits per heavy atom. The number of hydrogen-bond acceptors (Lipinski definition) is 3. The summed E-state index contributed by atoms with van der Waals surface area (Å²) < 4.78 is 5.93. The molecule has 0 bridgehead atoms. The first-order valence-electron chi connectivity index (χ1n) is 9.80. The highest BCUT2D eigenvalue weighted by atomic mass is 35.5. The van der Waals surface area contributed by atoms with Gasteiger partial charge in [-0.2, -0.15) is 0 Å². The van der Waals surface area contributed by atoms with Crippen molar-refractivity contribution in [1.82, 2.24) is 4.90 Å². The number of rotatable bonds is 6. The standard InChI is InChI=1S/C20H24ClNO.C2H6.CH4O/c1-16-5-7-20(8-6-16)23-15-18-10-12-22(14-18)11-9-17-3-2-4-19(21)13-17;2*1-2/h2-8,13,18H,9-12,14-15H2,1H3;1-2H3;2H,1H3. The molecule has 150 valence electrons. The van der Waals surface area contributed by atoms with Crippen molar-refractivity contribution in [2.45, 2.75) is 33.6 Å². The predicted octanol–water partition coefficient (Wildman–Crippen LogP) is 5.23. The molecule has 2 aromatic rings. The van der Waals surface area contributed by atoms with Crippen molar-refractivity contribution in [2.75, 3.05) is 33.4 Å². The summed E-state index contributed by atoms with van der Waals surface area (Å²) in [5, 5.41) is 7.83. The molecule has 4 heteroatoms. The van der Waals surface area contributed by atoms with Crippen LogP contribution in [0.1, 0.15) is 31.4 Å². The lowest BCUT2D eigenvalue weighted by Crippen LogP contribution is -2.24. The van der Waals surface area contributed by atoms with E-state index in [0.29, 0.717) is 5.92 Å². The van der Waals surface area contributed by atoms with E-state index in [4.69, 9.17) is 21.4 Å². The summed E-state index contributed by atoms with van der Waals surface area (Å²) in [6.45, 7) is 10.3. The molecule has 1 atom stereocenters. The van der Waals surface area contributed by atoms with Gasteiger partial charge in [0.05, 0.1) is 6.61 Å². The van der Waals surface area contributed by atoms with Gasteiger partial charge in [-0.15, -0.1) is 0 Å². The van der Waals surface area contributed by atoms with Crippen molar-refractivity contribution in [2.24, 2.45) is 5.92 Å². The van der Waals surface area contributed by atoms with Crippen molar-refractivity contribution in [3.05, 3.63) is 64.7 Å². The zero-order valence-electron chi connectivity index (χ0n) is 17.1. The van der Waals surface area contributed by atoms with E-state index in [9.17, 15) is 0 Å². The Bertz CT molecular complexity index is 631. The van der Waals surface area contributed by atoms with Gasteiger partial charge in [-0.25, -0.2) is 0 Å². The minimum Gasteiger partial charge on any atom is -0.493 e. The van der Waals surface area contributed by atoms with Gasteiger partial charge in [0, 0.05) is 31.1 Å². The Hall–Kier alpha value is -1.55. The maximum Gasteiger partial charge on any atom is 0.119 e. The second kappa shape index (κ2) is 13.6. The normalized spacial score (nSPS) is 16.0. The number of ether oxygens (including phenoxy) is 1. The summed E-state index contributed by atoms with van der Waals surface area (Å²) in [5.74, 6) is 1.61. The number of halogens is 1. The fraction of sp³-hybridized carbons (Fsp3) is 0.478. The van der Waals surface area contributed by atoms with Crippen LogP contribution in [0.25, 0.3) is 0 Å². The number of aliphatic hydroxyl groups is 1. The average Bonchev–Trinajstić information content (AvgIpc) is 3.17. The molecule has 0 radical (unpaired) electrons. The molecular formula is C23H34ClNO2. The van der Waals surface area contributed by atoms with Crippen molar-refractivity contribution in [3.63, 3.8) is 0 Å².